The number of carbonyl (C=O) groups is 2. The lowest BCUT2D eigenvalue weighted by Gasteiger charge is -2.14. The quantitative estimate of drug-likeness (QED) is 0.146. The number of rotatable bonds is 20. The van der Waals surface area contributed by atoms with Crippen molar-refractivity contribution in [3.05, 3.63) is 59.2 Å². The van der Waals surface area contributed by atoms with Gasteiger partial charge in [-0.25, -0.2) is 0 Å². The van der Waals surface area contributed by atoms with Gasteiger partial charge in [-0.2, -0.15) is 0 Å². The molecule has 0 unspecified atom stereocenters. The van der Waals surface area contributed by atoms with E-state index in [4.69, 9.17) is 9.47 Å². The number of ketones is 2. The average Bonchev–Trinajstić information content (AvgIpc) is 2.96. The second kappa shape index (κ2) is 22.0. The van der Waals surface area contributed by atoms with Crippen LogP contribution in [0.5, 0.6) is 11.5 Å². The molecule has 0 aromatic heterocycles. The maximum absolute atomic E-state index is 11.6. The lowest BCUT2D eigenvalue weighted by molar-refractivity contribution is -0.122. The molecule has 0 atom stereocenters. The van der Waals surface area contributed by atoms with E-state index in [2.05, 4.69) is 71.0 Å². The van der Waals surface area contributed by atoms with Crippen LogP contribution in [0.25, 0.3) is 0 Å². The van der Waals surface area contributed by atoms with E-state index >= 15 is 0 Å². The summed E-state index contributed by atoms with van der Waals surface area (Å²) in [5.41, 5.74) is 3.96. The molecule has 0 fully saturated rings. The highest BCUT2D eigenvalue weighted by Gasteiger charge is 2.08. The normalized spacial score (nSPS) is 11.0. The Morgan fingerprint density at radius 3 is 1.98 bits per heavy atom. The summed E-state index contributed by atoms with van der Waals surface area (Å²) in [7, 11) is 0. The third-order valence-corrected chi connectivity index (χ3v) is 7.28. The Labute approximate surface area is 258 Å². The van der Waals surface area contributed by atoms with Crippen LogP contribution in [0, 0.1) is 24.7 Å². The summed E-state index contributed by atoms with van der Waals surface area (Å²) in [5, 5.41) is 0. The number of carbonyl (C=O) groups excluding carboxylic acids is 2. The van der Waals surface area contributed by atoms with Crippen LogP contribution in [-0.2, 0) is 22.4 Å². The summed E-state index contributed by atoms with van der Waals surface area (Å²) in [5.74, 6) is 4.03. The van der Waals surface area contributed by atoms with Crippen LogP contribution in [0.4, 0.5) is 0 Å². The molecule has 0 N–H and O–H groups in total. The number of unbranched alkanes of at least 4 members (excludes halogenated alkanes) is 4. The van der Waals surface area contributed by atoms with Crippen LogP contribution in [-0.4, -0.2) is 24.8 Å². The van der Waals surface area contributed by atoms with E-state index in [0.717, 1.165) is 88.9 Å². The van der Waals surface area contributed by atoms with Gasteiger partial charge in [-0.1, -0.05) is 85.6 Å². The molecule has 0 aliphatic heterocycles. The Kier molecular flexibility index (Phi) is 19.6. The van der Waals surface area contributed by atoms with E-state index < -0.39 is 0 Å². The molecule has 2 aromatic carbocycles. The van der Waals surface area contributed by atoms with Crippen molar-refractivity contribution < 1.29 is 19.1 Å². The van der Waals surface area contributed by atoms with Gasteiger partial charge in [0.25, 0.3) is 0 Å². The van der Waals surface area contributed by atoms with Crippen LogP contribution in [0.2, 0.25) is 0 Å². The first-order chi connectivity index (χ1) is 20.0. The SMILES string of the molecule is CCC(=O)CCCCCc1cccc(OCC(C)C)c1.Cc1c(CCCCCC(=O)C(C)C)cccc1OCC(C)C. The van der Waals surface area contributed by atoms with Gasteiger partial charge in [-0.05, 0) is 92.2 Å². The molecule has 0 saturated carbocycles. The third kappa shape index (κ3) is 17.4. The summed E-state index contributed by atoms with van der Waals surface area (Å²) in [6.45, 7) is 18.2. The summed E-state index contributed by atoms with van der Waals surface area (Å²) in [6, 6.07) is 14.7. The molecule has 42 heavy (non-hydrogen) atoms. The molecule has 2 rings (SSSR count). The predicted octanol–water partition coefficient (Wildman–Crippen LogP) is 10.2. The first-order valence-electron chi connectivity index (χ1n) is 16.5. The van der Waals surface area contributed by atoms with Crippen molar-refractivity contribution in [1.29, 1.82) is 0 Å². The zero-order chi connectivity index (χ0) is 31.3. The summed E-state index contributed by atoms with van der Waals surface area (Å²) < 4.78 is 11.6. The van der Waals surface area contributed by atoms with Crippen LogP contribution in [0.1, 0.15) is 123 Å². The molecular formula is C38H60O4. The summed E-state index contributed by atoms with van der Waals surface area (Å²) in [6.07, 6.45) is 10.9. The van der Waals surface area contributed by atoms with E-state index in [1.807, 2.05) is 26.8 Å². The molecule has 0 spiro atoms. The number of ether oxygens (including phenoxy) is 2. The zero-order valence-electron chi connectivity index (χ0n) is 28.1. The fourth-order valence-electron chi connectivity index (χ4n) is 4.48. The fraction of sp³-hybridized carbons (Fsp3) is 0.632. The van der Waals surface area contributed by atoms with E-state index in [-0.39, 0.29) is 5.92 Å². The highest BCUT2D eigenvalue weighted by Crippen LogP contribution is 2.24. The van der Waals surface area contributed by atoms with Crippen LogP contribution >= 0.6 is 0 Å². The van der Waals surface area contributed by atoms with Gasteiger partial charge >= 0.3 is 0 Å². The second-order valence-electron chi connectivity index (χ2n) is 12.7. The van der Waals surface area contributed by atoms with Crippen LogP contribution in [0.15, 0.2) is 42.5 Å². The van der Waals surface area contributed by atoms with Crippen molar-refractivity contribution in [2.24, 2.45) is 17.8 Å². The molecule has 0 heterocycles. The van der Waals surface area contributed by atoms with Gasteiger partial charge in [0, 0.05) is 25.2 Å². The molecule has 0 aliphatic rings. The van der Waals surface area contributed by atoms with Gasteiger partial charge < -0.3 is 9.47 Å². The van der Waals surface area contributed by atoms with Crippen molar-refractivity contribution in [2.75, 3.05) is 13.2 Å². The average molecular weight is 581 g/mol. The number of hydrogen-bond acceptors (Lipinski definition) is 4. The van der Waals surface area contributed by atoms with Gasteiger partial charge in [0.1, 0.15) is 23.1 Å². The first kappa shape index (κ1) is 37.4. The number of Topliss-reactive ketones (excluding diaryl/α,β-unsaturated/α-hetero) is 2. The minimum absolute atomic E-state index is 0.178. The third-order valence-electron chi connectivity index (χ3n) is 7.28. The largest absolute Gasteiger partial charge is 0.493 e. The Bertz CT molecular complexity index is 1020. The topological polar surface area (TPSA) is 52.6 Å². The summed E-state index contributed by atoms with van der Waals surface area (Å²) >= 11 is 0. The maximum Gasteiger partial charge on any atom is 0.135 e. The summed E-state index contributed by atoms with van der Waals surface area (Å²) in [4.78, 5) is 22.8. The molecule has 4 heteroatoms. The fourth-order valence-corrected chi connectivity index (χ4v) is 4.48. The predicted molar refractivity (Wildman–Crippen MR) is 178 cm³/mol. The molecule has 0 saturated heterocycles. The van der Waals surface area contributed by atoms with Gasteiger partial charge in [0.15, 0.2) is 0 Å². The molecule has 0 bridgehead atoms. The molecular weight excluding hydrogens is 520 g/mol. The lowest BCUT2D eigenvalue weighted by Crippen LogP contribution is -2.06. The highest BCUT2D eigenvalue weighted by molar-refractivity contribution is 5.80. The van der Waals surface area contributed by atoms with Gasteiger partial charge in [-0.3, -0.25) is 9.59 Å². The molecule has 0 radical (unpaired) electrons. The Balaban J connectivity index is 0.000000422. The smallest absolute Gasteiger partial charge is 0.135 e. The molecule has 0 aliphatic carbocycles. The number of benzene rings is 2. The first-order valence-corrected chi connectivity index (χ1v) is 16.5. The van der Waals surface area contributed by atoms with Crippen molar-refractivity contribution in [2.45, 2.75) is 126 Å². The standard InChI is InChI=1S/C20H32O2.C18H28O2/c1-15(2)14-22-20-13-9-11-18(17(20)5)10-7-6-8-12-19(21)16(3)4;1-4-17(19)11-7-5-6-9-16-10-8-12-18(13-16)20-14-15(2)3/h9,11,13,15-16H,6-8,10,12,14H2,1-5H3;8,10,12-13,15H,4-7,9,11,14H2,1-3H3. The van der Waals surface area contributed by atoms with Crippen molar-refractivity contribution in [1.82, 2.24) is 0 Å². The Hall–Kier alpha value is -2.62. The molecule has 0 amide bonds. The van der Waals surface area contributed by atoms with Crippen molar-refractivity contribution >= 4 is 11.6 Å². The minimum atomic E-state index is 0.178. The van der Waals surface area contributed by atoms with E-state index in [1.165, 1.54) is 16.7 Å². The van der Waals surface area contributed by atoms with Gasteiger partial charge in [0.2, 0.25) is 0 Å². The molecule has 236 valence electrons. The monoisotopic (exact) mass is 580 g/mol. The van der Waals surface area contributed by atoms with E-state index in [0.29, 0.717) is 29.8 Å². The van der Waals surface area contributed by atoms with Crippen molar-refractivity contribution in [3.8, 4) is 11.5 Å². The second-order valence-corrected chi connectivity index (χ2v) is 12.7. The number of aryl methyl sites for hydroxylation is 2. The molecule has 4 nitrogen and oxygen atoms in total. The van der Waals surface area contributed by atoms with E-state index in [1.54, 1.807) is 0 Å². The minimum Gasteiger partial charge on any atom is -0.493 e. The lowest BCUT2D eigenvalue weighted by atomic mass is 9.99. The van der Waals surface area contributed by atoms with E-state index in [9.17, 15) is 9.59 Å². The number of hydrogen-bond donors (Lipinski definition) is 0. The zero-order valence-corrected chi connectivity index (χ0v) is 28.1. The molecule has 2 aromatic rings. The van der Waals surface area contributed by atoms with Gasteiger partial charge in [-0.15, -0.1) is 0 Å². The Morgan fingerprint density at radius 1 is 0.714 bits per heavy atom. The van der Waals surface area contributed by atoms with Crippen LogP contribution < -0.4 is 9.47 Å². The maximum atomic E-state index is 11.6. The van der Waals surface area contributed by atoms with Crippen molar-refractivity contribution in [3.63, 3.8) is 0 Å². The van der Waals surface area contributed by atoms with Gasteiger partial charge in [0.05, 0.1) is 13.2 Å². The Morgan fingerprint density at radius 2 is 1.33 bits per heavy atom. The highest BCUT2D eigenvalue weighted by atomic mass is 16.5. The van der Waals surface area contributed by atoms with Crippen LogP contribution in [0.3, 0.4) is 0 Å².